The first-order chi connectivity index (χ1) is 16.8. The SMILES string of the molecule is CC[C@H](C)NC(=O)[C@@H](C)N(Cc1ccccc1F)C(=O)CN(c1cc(C)ccc1C)S(=O)(=O)N(C)C. The average Bonchev–Trinajstić information content (AvgIpc) is 2.82. The number of nitrogens with zero attached hydrogens (tertiary/aromatic N) is 3. The second-order valence-electron chi connectivity index (χ2n) is 9.19. The lowest BCUT2D eigenvalue weighted by molar-refractivity contribution is -0.139. The molecule has 2 atom stereocenters. The van der Waals surface area contributed by atoms with Crippen molar-refractivity contribution in [2.45, 2.75) is 59.7 Å². The van der Waals surface area contributed by atoms with Gasteiger partial charge in [-0.1, -0.05) is 37.3 Å². The monoisotopic (exact) mass is 520 g/mol. The Morgan fingerprint density at radius 3 is 2.28 bits per heavy atom. The number of rotatable bonds is 11. The van der Waals surface area contributed by atoms with Gasteiger partial charge in [-0.05, 0) is 57.4 Å². The molecule has 0 aliphatic rings. The van der Waals surface area contributed by atoms with E-state index in [0.29, 0.717) is 17.7 Å². The molecule has 0 saturated heterocycles. The number of halogens is 1. The van der Waals surface area contributed by atoms with E-state index in [1.165, 1.54) is 37.2 Å². The van der Waals surface area contributed by atoms with Crippen LogP contribution in [0.4, 0.5) is 10.1 Å². The lowest BCUT2D eigenvalue weighted by atomic mass is 10.1. The zero-order chi connectivity index (χ0) is 27.2. The number of aryl methyl sites for hydroxylation is 2. The van der Waals surface area contributed by atoms with Crippen molar-refractivity contribution in [3.8, 4) is 0 Å². The van der Waals surface area contributed by atoms with E-state index in [0.717, 1.165) is 14.2 Å². The van der Waals surface area contributed by atoms with Gasteiger partial charge >= 0.3 is 10.2 Å². The molecule has 0 fully saturated rings. The van der Waals surface area contributed by atoms with Gasteiger partial charge in [0.05, 0.1) is 5.69 Å². The van der Waals surface area contributed by atoms with Crippen LogP contribution >= 0.6 is 0 Å². The summed E-state index contributed by atoms with van der Waals surface area (Å²) < 4.78 is 43.2. The molecule has 0 saturated carbocycles. The number of hydrogen-bond acceptors (Lipinski definition) is 4. The summed E-state index contributed by atoms with van der Waals surface area (Å²) in [7, 11) is -1.29. The Morgan fingerprint density at radius 1 is 1.06 bits per heavy atom. The van der Waals surface area contributed by atoms with E-state index >= 15 is 0 Å². The molecule has 2 amide bonds. The molecule has 198 valence electrons. The van der Waals surface area contributed by atoms with E-state index in [2.05, 4.69) is 5.32 Å². The third-order valence-electron chi connectivity index (χ3n) is 6.12. The lowest BCUT2D eigenvalue weighted by Crippen LogP contribution is -2.53. The van der Waals surface area contributed by atoms with Gasteiger partial charge < -0.3 is 10.2 Å². The van der Waals surface area contributed by atoms with Gasteiger partial charge in [0.25, 0.3) is 0 Å². The number of amides is 2. The summed E-state index contributed by atoms with van der Waals surface area (Å²) in [6.45, 7) is 8.17. The molecule has 0 spiro atoms. The highest BCUT2D eigenvalue weighted by atomic mass is 32.2. The summed E-state index contributed by atoms with van der Waals surface area (Å²) in [5, 5.41) is 2.85. The van der Waals surface area contributed by atoms with E-state index < -0.39 is 40.4 Å². The average molecular weight is 521 g/mol. The van der Waals surface area contributed by atoms with Crippen molar-refractivity contribution in [3.05, 3.63) is 65.0 Å². The van der Waals surface area contributed by atoms with Crippen LogP contribution in [0, 0.1) is 19.7 Å². The summed E-state index contributed by atoms with van der Waals surface area (Å²) in [6, 6.07) is 10.2. The molecular formula is C26H37FN4O4S. The van der Waals surface area contributed by atoms with Crippen LogP contribution in [0.15, 0.2) is 42.5 Å². The molecular weight excluding hydrogens is 483 g/mol. The fourth-order valence-electron chi connectivity index (χ4n) is 3.55. The van der Waals surface area contributed by atoms with Gasteiger partial charge in [-0.3, -0.25) is 9.59 Å². The highest BCUT2D eigenvalue weighted by Gasteiger charge is 2.33. The third kappa shape index (κ3) is 7.04. The van der Waals surface area contributed by atoms with Gasteiger partial charge in [-0.25, -0.2) is 8.70 Å². The fourth-order valence-corrected chi connectivity index (χ4v) is 4.66. The number of hydrogen-bond donors (Lipinski definition) is 1. The van der Waals surface area contributed by atoms with Gasteiger partial charge in [-0.15, -0.1) is 0 Å². The predicted octanol–water partition coefficient (Wildman–Crippen LogP) is 3.39. The first-order valence-electron chi connectivity index (χ1n) is 11.9. The summed E-state index contributed by atoms with van der Waals surface area (Å²) in [6.07, 6.45) is 0.696. The minimum Gasteiger partial charge on any atom is -0.352 e. The second-order valence-corrected chi connectivity index (χ2v) is 11.3. The van der Waals surface area contributed by atoms with Crippen molar-refractivity contribution >= 4 is 27.7 Å². The molecule has 36 heavy (non-hydrogen) atoms. The minimum absolute atomic E-state index is 0.120. The summed E-state index contributed by atoms with van der Waals surface area (Å²) in [4.78, 5) is 27.9. The van der Waals surface area contributed by atoms with Crippen molar-refractivity contribution in [3.63, 3.8) is 0 Å². The van der Waals surface area contributed by atoms with Crippen LogP contribution in [0.5, 0.6) is 0 Å². The molecule has 1 N–H and O–H groups in total. The zero-order valence-corrected chi connectivity index (χ0v) is 22.9. The quantitative estimate of drug-likeness (QED) is 0.492. The summed E-state index contributed by atoms with van der Waals surface area (Å²) in [5.41, 5.74) is 2.08. The molecule has 0 radical (unpaired) electrons. The molecule has 2 aromatic carbocycles. The maximum absolute atomic E-state index is 14.5. The van der Waals surface area contributed by atoms with E-state index in [9.17, 15) is 22.4 Å². The third-order valence-corrected chi connectivity index (χ3v) is 7.92. The summed E-state index contributed by atoms with van der Waals surface area (Å²) >= 11 is 0. The highest BCUT2D eigenvalue weighted by Crippen LogP contribution is 2.26. The lowest BCUT2D eigenvalue weighted by Gasteiger charge is -2.33. The Balaban J connectivity index is 2.52. The van der Waals surface area contributed by atoms with Crippen LogP contribution in [0.1, 0.15) is 43.9 Å². The van der Waals surface area contributed by atoms with Crippen LogP contribution in [-0.2, 0) is 26.3 Å². The smallest absolute Gasteiger partial charge is 0.304 e. The van der Waals surface area contributed by atoms with Crippen LogP contribution in [-0.4, -0.2) is 62.2 Å². The van der Waals surface area contributed by atoms with Crippen LogP contribution in [0.3, 0.4) is 0 Å². The van der Waals surface area contributed by atoms with Gasteiger partial charge in [0.2, 0.25) is 11.8 Å². The van der Waals surface area contributed by atoms with Gasteiger partial charge in [0.15, 0.2) is 0 Å². The molecule has 0 aliphatic heterocycles. The minimum atomic E-state index is -4.07. The van der Waals surface area contributed by atoms with Crippen molar-refractivity contribution in [2.75, 3.05) is 24.9 Å². The predicted molar refractivity (Wildman–Crippen MR) is 140 cm³/mol. The van der Waals surface area contributed by atoms with Crippen LogP contribution in [0.2, 0.25) is 0 Å². The fraction of sp³-hybridized carbons (Fsp3) is 0.462. The van der Waals surface area contributed by atoms with Gasteiger partial charge in [0, 0.05) is 32.2 Å². The number of anilines is 1. The zero-order valence-electron chi connectivity index (χ0n) is 22.1. The maximum Gasteiger partial charge on any atom is 0.304 e. The molecule has 2 aromatic rings. The number of nitrogens with one attached hydrogen (secondary N) is 1. The first kappa shape index (κ1) is 29.3. The molecule has 0 aliphatic carbocycles. The van der Waals surface area contributed by atoms with Crippen LogP contribution < -0.4 is 9.62 Å². The Hall–Kier alpha value is -2.98. The van der Waals surface area contributed by atoms with E-state index in [-0.39, 0.29) is 18.2 Å². The molecule has 0 bridgehead atoms. The summed E-state index contributed by atoms with van der Waals surface area (Å²) in [5.74, 6) is -1.55. The van der Waals surface area contributed by atoms with E-state index in [1.807, 2.05) is 26.8 Å². The van der Waals surface area contributed by atoms with Crippen molar-refractivity contribution in [1.82, 2.24) is 14.5 Å². The van der Waals surface area contributed by atoms with E-state index in [4.69, 9.17) is 0 Å². The van der Waals surface area contributed by atoms with Crippen molar-refractivity contribution in [2.24, 2.45) is 0 Å². The Kier molecular flexibility index (Phi) is 10.0. The van der Waals surface area contributed by atoms with Crippen LogP contribution in [0.25, 0.3) is 0 Å². The molecule has 0 heterocycles. The van der Waals surface area contributed by atoms with E-state index in [1.54, 1.807) is 32.0 Å². The topological polar surface area (TPSA) is 90.0 Å². The number of benzene rings is 2. The Labute approximate surface area is 214 Å². The number of carbonyl (C=O) groups excluding carboxylic acids is 2. The maximum atomic E-state index is 14.5. The van der Waals surface area contributed by atoms with Crippen molar-refractivity contribution in [1.29, 1.82) is 0 Å². The molecule has 0 unspecified atom stereocenters. The van der Waals surface area contributed by atoms with Crippen molar-refractivity contribution < 1.29 is 22.4 Å². The Bertz CT molecular complexity index is 1190. The normalized spacial score (nSPS) is 13.2. The highest BCUT2D eigenvalue weighted by molar-refractivity contribution is 7.90. The molecule has 2 rings (SSSR count). The standard InChI is InChI=1S/C26H37FN4O4S/c1-8-20(4)28-26(33)21(5)30(16-22-11-9-10-12-23(22)27)25(32)17-31(36(34,35)29(6)7)24-15-18(2)13-14-19(24)3/h9-15,20-21H,8,16-17H2,1-7H3,(H,28,33)/t20-,21+/m0/s1. The first-order valence-corrected chi connectivity index (χ1v) is 13.3. The molecule has 0 aromatic heterocycles. The molecule has 10 heteroatoms. The Morgan fingerprint density at radius 2 is 1.69 bits per heavy atom. The van der Waals surface area contributed by atoms with Gasteiger partial charge in [0.1, 0.15) is 18.4 Å². The largest absolute Gasteiger partial charge is 0.352 e. The van der Waals surface area contributed by atoms with Gasteiger partial charge in [-0.2, -0.15) is 12.7 Å². The second kappa shape index (κ2) is 12.3. The number of carbonyl (C=O) groups is 2. The molecule has 8 nitrogen and oxygen atoms in total.